The number of carbonyl (C=O) groups is 2. The van der Waals surface area contributed by atoms with Crippen LogP contribution in [0.4, 0.5) is 0 Å². The SMILES string of the molecule is CCOC(=O)/C=C(/CCc1cccc(OC)c1O[Si](C)(C)C(C)(C)C)NC(C)=O. The first kappa shape index (κ1) is 24.8. The fraction of sp³-hybridized carbons (Fsp3) is 0.545. The first-order valence-electron chi connectivity index (χ1n) is 9.91. The molecule has 0 aromatic heterocycles. The Morgan fingerprint density at radius 3 is 2.38 bits per heavy atom. The lowest BCUT2D eigenvalue weighted by molar-refractivity contribution is -0.137. The minimum absolute atomic E-state index is 0.0380. The quantitative estimate of drug-likeness (QED) is 0.358. The van der Waals surface area contributed by atoms with Crippen molar-refractivity contribution in [3.8, 4) is 11.5 Å². The van der Waals surface area contributed by atoms with Crippen molar-refractivity contribution in [2.24, 2.45) is 0 Å². The molecule has 7 heteroatoms. The maximum Gasteiger partial charge on any atom is 0.332 e. The molecule has 1 rings (SSSR count). The Labute approximate surface area is 175 Å². The fourth-order valence-corrected chi connectivity index (χ4v) is 3.48. The van der Waals surface area contributed by atoms with E-state index in [1.54, 1.807) is 14.0 Å². The minimum Gasteiger partial charge on any atom is -0.541 e. The van der Waals surface area contributed by atoms with Crippen molar-refractivity contribution in [2.75, 3.05) is 13.7 Å². The van der Waals surface area contributed by atoms with Gasteiger partial charge in [-0.05, 0) is 49.5 Å². The van der Waals surface area contributed by atoms with E-state index in [1.807, 2.05) is 18.2 Å². The number of rotatable bonds is 9. The first-order valence-corrected chi connectivity index (χ1v) is 12.8. The number of para-hydroxylation sites is 1. The number of hydrogen-bond donors (Lipinski definition) is 1. The van der Waals surface area contributed by atoms with Crippen molar-refractivity contribution in [3.05, 3.63) is 35.5 Å². The number of nitrogens with one attached hydrogen (secondary N) is 1. The van der Waals surface area contributed by atoms with E-state index < -0.39 is 14.3 Å². The van der Waals surface area contributed by atoms with Gasteiger partial charge in [0.2, 0.25) is 5.91 Å². The van der Waals surface area contributed by atoms with E-state index in [0.717, 1.165) is 11.3 Å². The topological polar surface area (TPSA) is 73.9 Å². The van der Waals surface area contributed by atoms with Crippen LogP contribution in [0.2, 0.25) is 18.1 Å². The minimum atomic E-state index is -2.08. The van der Waals surface area contributed by atoms with Crippen molar-refractivity contribution < 1.29 is 23.5 Å². The van der Waals surface area contributed by atoms with Gasteiger partial charge in [-0.1, -0.05) is 32.9 Å². The molecule has 29 heavy (non-hydrogen) atoms. The van der Waals surface area contributed by atoms with E-state index in [2.05, 4.69) is 39.2 Å². The zero-order chi connectivity index (χ0) is 22.2. The predicted octanol–water partition coefficient (Wildman–Crippen LogP) is 4.59. The second-order valence-electron chi connectivity index (χ2n) is 8.41. The van der Waals surface area contributed by atoms with Crippen LogP contribution in [0.5, 0.6) is 11.5 Å². The van der Waals surface area contributed by atoms with Gasteiger partial charge in [-0.3, -0.25) is 4.79 Å². The standard InChI is InChI=1S/C22H35NO5Si/c1-9-27-20(25)15-18(23-16(2)24)14-13-17-11-10-12-19(26-6)21(17)28-29(7,8)22(3,4)5/h10-12,15H,9,13-14H2,1-8H3,(H,23,24)/b18-15-. The highest BCUT2D eigenvalue weighted by Crippen LogP contribution is 2.41. The lowest BCUT2D eigenvalue weighted by atomic mass is 10.1. The number of hydrogen-bond acceptors (Lipinski definition) is 5. The summed E-state index contributed by atoms with van der Waals surface area (Å²) in [5.41, 5.74) is 1.48. The summed E-state index contributed by atoms with van der Waals surface area (Å²) >= 11 is 0. The van der Waals surface area contributed by atoms with Gasteiger partial charge >= 0.3 is 5.97 Å². The van der Waals surface area contributed by atoms with Gasteiger partial charge in [-0.2, -0.15) is 0 Å². The van der Waals surface area contributed by atoms with E-state index >= 15 is 0 Å². The maximum absolute atomic E-state index is 11.8. The Bertz CT molecular complexity index is 750. The molecule has 0 heterocycles. The summed E-state index contributed by atoms with van der Waals surface area (Å²) in [6, 6.07) is 5.79. The smallest absolute Gasteiger partial charge is 0.332 e. The van der Waals surface area contributed by atoms with Gasteiger partial charge in [0.15, 0.2) is 5.75 Å². The Morgan fingerprint density at radius 2 is 1.86 bits per heavy atom. The molecule has 162 valence electrons. The maximum atomic E-state index is 11.8. The summed E-state index contributed by atoms with van der Waals surface area (Å²) in [4.78, 5) is 23.3. The van der Waals surface area contributed by atoms with Gasteiger partial charge < -0.3 is 19.2 Å². The van der Waals surface area contributed by atoms with E-state index in [1.165, 1.54) is 13.0 Å². The van der Waals surface area contributed by atoms with Crippen LogP contribution in [0, 0.1) is 0 Å². The third-order valence-corrected chi connectivity index (χ3v) is 9.35. The molecule has 0 saturated carbocycles. The lowest BCUT2D eigenvalue weighted by Gasteiger charge is -2.37. The summed E-state index contributed by atoms with van der Waals surface area (Å²) < 4.78 is 17.1. The number of amides is 1. The molecule has 1 amide bonds. The Kier molecular flexibility index (Phi) is 8.95. The second kappa shape index (κ2) is 10.5. The monoisotopic (exact) mass is 421 g/mol. The zero-order valence-electron chi connectivity index (χ0n) is 19.0. The van der Waals surface area contributed by atoms with Crippen molar-refractivity contribution in [2.45, 2.75) is 65.6 Å². The van der Waals surface area contributed by atoms with Crippen LogP contribution in [0.1, 0.15) is 46.6 Å². The van der Waals surface area contributed by atoms with Gasteiger partial charge in [0.1, 0.15) is 5.75 Å². The van der Waals surface area contributed by atoms with E-state index in [-0.39, 0.29) is 17.6 Å². The number of methoxy groups -OCH3 is 1. The number of allylic oxidation sites excluding steroid dienone is 1. The predicted molar refractivity (Wildman–Crippen MR) is 118 cm³/mol. The number of aryl methyl sites for hydroxylation is 1. The molecule has 0 fully saturated rings. The van der Waals surface area contributed by atoms with Gasteiger partial charge in [0.25, 0.3) is 8.32 Å². The molecule has 0 aliphatic carbocycles. The molecule has 1 aromatic carbocycles. The molecule has 0 radical (unpaired) electrons. The van der Waals surface area contributed by atoms with Crippen LogP contribution in [-0.4, -0.2) is 33.9 Å². The molecule has 0 saturated heterocycles. The highest BCUT2D eigenvalue weighted by atomic mass is 28.4. The number of ether oxygens (including phenoxy) is 2. The molecule has 0 aliphatic rings. The number of esters is 1. The highest BCUT2D eigenvalue weighted by Gasteiger charge is 2.40. The van der Waals surface area contributed by atoms with Crippen LogP contribution in [0.15, 0.2) is 30.0 Å². The van der Waals surface area contributed by atoms with Crippen LogP contribution in [0.3, 0.4) is 0 Å². The average Bonchev–Trinajstić information content (AvgIpc) is 2.59. The van der Waals surface area contributed by atoms with Crippen LogP contribution in [0.25, 0.3) is 0 Å². The Hall–Kier alpha value is -2.28. The van der Waals surface area contributed by atoms with Crippen molar-refractivity contribution in [1.82, 2.24) is 5.32 Å². The molecule has 0 bridgehead atoms. The third kappa shape index (κ3) is 7.57. The summed E-state index contributed by atoms with van der Waals surface area (Å²) in [5, 5.41) is 2.76. The molecule has 0 spiro atoms. The molecule has 1 N–H and O–H groups in total. The van der Waals surface area contributed by atoms with Crippen molar-refractivity contribution >= 4 is 20.2 Å². The third-order valence-electron chi connectivity index (χ3n) is 5.02. The van der Waals surface area contributed by atoms with Gasteiger partial charge in [-0.25, -0.2) is 4.79 Å². The van der Waals surface area contributed by atoms with Crippen LogP contribution in [-0.2, 0) is 20.7 Å². The van der Waals surface area contributed by atoms with Crippen LogP contribution >= 0.6 is 0 Å². The first-order chi connectivity index (χ1) is 13.4. The van der Waals surface area contributed by atoms with E-state index in [9.17, 15) is 9.59 Å². The summed E-state index contributed by atoms with van der Waals surface area (Å²) in [6.45, 7) is 14.4. The summed E-state index contributed by atoms with van der Waals surface area (Å²) in [7, 11) is -0.457. The molecule has 0 unspecified atom stereocenters. The summed E-state index contributed by atoms with van der Waals surface area (Å²) in [6.07, 6.45) is 2.37. The van der Waals surface area contributed by atoms with Gasteiger partial charge in [-0.15, -0.1) is 0 Å². The molecule has 1 aromatic rings. The summed E-state index contributed by atoms with van der Waals surface area (Å²) in [5.74, 6) is 0.714. The van der Waals surface area contributed by atoms with Crippen molar-refractivity contribution in [3.63, 3.8) is 0 Å². The molecule has 6 nitrogen and oxygen atoms in total. The molecular formula is C22H35NO5Si. The normalized spacial score (nSPS) is 12.3. The molecule has 0 atom stereocenters. The largest absolute Gasteiger partial charge is 0.541 e. The van der Waals surface area contributed by atoms with Gasteiger partial charge in [0, 0.05) is 18.7 Å². The van der Waals surface area contributed by atoms with Crippen LogP contribution < -0.4 is 14.5 Å². The lowest BCUT2D eigenvalue weighted by Crippen LogP contribution is -2.44. The van der Waals surface area contributed by atoms with Gasteiger partial charge in [0.05, 0.1) is 13.7 Å². The van der Waals surface area contributed by atoms with Crippen molar-refractivity contribution in [1.29, 1.82) is 0 Å². The Morgan fingerprint density at radius 1 is 1.21 bits per heavy atom. The molecular weight excluding hydrogens is 386 g/mol. The zero-order valence-corrected chi connectivity index (χ0v) is 20.0. The Balaban J connectivity index is 3.17. The number of carbonyl (C=O) groups excluding carboxylic acids is 2. The van der Waals surface area contributed by atoms with E-state index in [0.29, 0.717) is 24.3 Å². The fourth-order valence-electron chi connectivity index (χ4n) is 2.44. The van der Waals surface area contributed by atoms with E-state index in [4.69, 9.17) is 13.9 Å². The average molecular weight is 422 g/mol. The second-order valence-corrected chi connectivity index (χ2v) is 13.1. The highest BCUT2D eigenvalue weighted by molar-refractivity contribution is 6.74. The molecule has 0 aliphatic heterocycles. The number of benzene rings is 1.